The van der Waals surface area contributed by atoms with Gasteiger partial charge in [-0.05, 0) is 102 Å². The topological polar surface area (TPSA) is 82.1 Å². The molecule has 0 atom stereocenters. The fraction of sp³-hybridized carbons (Fsp3) is 0.265. The van der Waals surface area contributed by atoms with E-state index < -0.39 is 11.9 Å². The van der Waals surface area contributed by atoms with Crippen LogP contribution in [0.4, 0.5) is 0 Å². The quantitative estimate of drug-likeness (QED) is 0.134. The summed E-state index contributed by atoms with van der Waals surface area (Å²) in [6.45, 7) is 6.43. The summed E-state index contributed by atoms with van der Waals surface area (Å²) < 4.78 is 16.5. The summed E-state index contributed by atoms with van der Waals surface area (Å²) in [5.74, 6) is 0.509. The van der Waals surface area contributed by atoms with E-state index in [1.54, 1.807) is 48.5 Å². The van der Waals surface area contributed by atoms with E-state index in [4.69, 9.17) is 14.2 Å². The second-order valence-corrected chi connectivity index (χ2v) is 10.2. The van der Waals surface area contributed by atoms with Gasteiger partial charge in [-0.25, -0.2) is 0 Å². The van der Waals surface area contributed by atoms with Gasteiger partial charge in [-0.15, -0.1) is 0 Å². The van der Waals surface area contributed by atoms with Gasteiger partial charge in [0.15, 0.2) is 5.78 Å². The Balaban J connectivity index is 1.47. The molecular formula is C34H33NO6. The number of piperidine rings is 1. The van der Waals surface area contributed by atoms with Crippen molar-refractivity contribution >= 4 is 28.5 Å². The average molecular weight is 552 g/mol. The van der Waals surface area contributed by atoms with Crippen molar-refractivity contribution in [3.8, 4) is 28.4 Å². The zero-order chi connectivity index (χ0) is 28.8. The first kappa shape index (κ1) is 28.1. The summed E-state index contributed by atoms with van der Waals surface area (Å²) >= 11 is 0. The number of hydrogen-bond donors (Lipinski definition) is 0. The SMILES string of the molecule is CC(=O)Oc1cccc(-c2ccc3cc(OC(C)=O)ccc3c2C(=O)c2ccc(OCCN3CCCCC3)cc2)c1. The van der Waals surface area contributed by atoms with Crippen LogP contribution in [0.3, 0.4) is 0 Å². The lowest BCUT2D eigenvalue weighted by atomic mass is 9.89. The zero-order valence-corrected chi connectivity index (χ0v) is 23.4. The van der Waals surface area contributed by atoms with Crippen molar-refractivity contribution in [2.45, 2.75) is 33.1 Å². The molecule has 1 saturated heterocycles. The Morgan fingerprint density at radius 1 is 0.732 bits per heavy atom. The standard InChI is InChI=1S/C34H33NO6/c1-23(36)40-29-8-6-7-26(21-29)31-15-11-27-22-30(41-24(2)37)14-16-32(27)33(31)34(38)25-9-12-28(13-10-25)39-20-19-35-17-4-3-5-18-35/h6-16,21-22H,3-5,17-20H2,1-2H3. The molecule has 1 aliphatic rings. The van der Waals surface area contributed by atoms with Crippen molar-refractivity contribution in [3.05, 3.63) is 90.0 Å². The maximum Gasteiger partial charge on any atom is 0.308 e. The number of rotatable bonds is 9. The van der Waals surface area contributed by atoms with Gasteiger partial charge in [0.1, 0.15) is 23.9 Å². The van der Waals surface area contributed by atoms with Crippen LogP contribution in [0.2, 0.25) is 0 Å². The van der Waals surface area contributed by atoms with Crippen LogP contribution in [-0.2, 0) is 9.59 Å². The fourth-order valence-electron chi connectivity index (χ4n) is 5.24. The number of benzene rings is 4. The minimum Gasteiger partial charge on any atom is -0.492 e. The van der Waals surface area contributed by atoms with Gasteiger partial charge < -0.3 is 14.2 Å². The summed E-state index contributed by atoms with van der Waals surface area (Å²) in [4.78, 5) is 39.6. The number of esters is 2. The number of ketones is 1. The maximum atomic E-state index is 14.1. The van der Waals surface area contributed by atoms with Gasteiger partial charge >= 0.3 is 11.9 Å². The van der Waals surface area contributed by atoms with Crippen molar-refractivity contribution in [2.75, 3.05) is 26.2 Å². The van der Waals surface area contributed by atoms with Gasteiger partial charge in [-0.1, -0.05) is 30.7 Å². The van der Waals surface area contributed by atoms with Crippen LogP contribution >= 0.6 is 0 Å². The molecule has 7 heteroatoms. The number of carbonyl (C=O) groups excluding carboxylic acids is 3. The molecule has 1 fully saturated rings. The van der Waals surface area contributed by atoms with E-state index in [1.807, 2.05) is 30.3 Å². The largest absolute Gasteiger partial charge is 0.492 e. The molecule has 0 aliphatic carbocycles. The molecule has 1 aliphatic heterocycles. The minimum absolute atomic E-state index is 0.163. The molecule has 0 bridgehead atoms. The zero-order valence-electron chi connectivity index (χ0n) is 23.4. The van der Waals surface area contributed by atoms with Crippen LogP contribution in [0.15, 0.2) is 78.9 Å². The molecule has 7 nitrogen and oxygen atoms in total. The van der Waals surface area contributed by atoms with E-state index in [0.717, 1.165) is 36.3 Å². The van der Waals surface area contributed by atoms with E-state index in [-0.39, 0.29) is 5.78 Å². The Kier molecular flexibility index (Phi) is 8.75. The number of fused-ring (bicyclic) bond motifs is 1. The third kappa shape index (κ3) is 6.99. The average Bonchev–Trinajstić information content (AvgIpc) is 2.96. The lowest BCUT2D eigenvalue weighted by Crippen LogP contribution is -2.33. The highest BCUT2D eigenvalue weighted by atomic mass is 16.5. The predicted molar refractivity (Wildman–Crippen MR) is 158 cm³/mol. The highest BCUT2D eigenvalue weighted by Crippen LogP contribution is 2.35. The molecular weight excluding hydrogens is 518 g/mol. The Hall–Kier alpha value is -4.49. The van der Waals surface area contributed by atoms with Gasteiger partial charge in [0.05, 0.1) is 0 Å². The van der Waals surface area contributed by atoms with Gasteiger partial charge in [0, 0.05) is 31.5 Å². The summed E-state index contributed by atoms with van der Waals surface area (Å²) in [6, 6.07) is 23.3. The van der Waals surface area contributed by atoms with Crippen molar-refractivity contribution in [2.24, 2.45) is 0 Å². The van der Waals surface area contributed by atoms with E-state index in [2.05, 4.69) is 4.90 Å². The van der Waals surface area contributed by atoms with Crippen LogP contribution in [0.1, 0.15) is 49.0 Å². The third-order valence-corrected chi connectivity index (χ3v) is 7.13. The lowest BCUT2D eigenvalue weighted by Gasteiger charge is -2.26. The molecule has 0 saturated carbocycles. The lowest BCUT2D eigenvalue weighted by molar-refractivity contribution is -0.132. The summed E-state index contributed by atoms with van der Waals surface area (Å²) in [7, 11) is 0. The first-order valence-corrected chi connectivity index (χ1v) is 13.9. The molecule has 41 heavy (non-hydrogen) atoms. The third-order valence-electron chi connectivity index (χ3n) is 7.13. The fourth-order valence-corrected chi connectivity index (χ4v) is 5.24. The van der Waals surface area contributed by atoms with Gasteiger partial charge in [0.2, 0.25) is 0 Å². The number of likely N-dealkylation sites (tertiary alicyclic amines) is 1. The number of hydrogen-bond acceptors (Lipinski definition) is 7. The maximum absolute atomic E-state index is 14.1. The molecule has 0 aromatic heterocycles. The monoisotopic (exact) mass is 551 g/mol. The molecule has 4 aromatic carbocycles. The summed E-state index contributed by atoms with van der Waals surface area (Å²) in [5.41, 5.74) is 2.44. The van der Waals surface area contributed by atoms with Crippen LogP contribution in [0, 0.1) is 0 Å². The molecule has 0 unspecified atom stereocenters. The van der Waals surface area contributed by atoms with Crippen LogP contribution in [0.5, 0.6) is 17.2 Å². The van der Waals surface area contributed by atoms with Crippen molar-refractivity contribution < 1.29 is 28.6 Å². The second kappa shape index (κ2) is 12.8. The summed E-state index contributed by atoms with van der Waals surface area (Å²) in [6.07, 6.45) is 3.79. The molecule has 0 radical (unpaired) electrons. The Bertz CT molecular complexity index is 1570. The molecule has 1 heterocycles. The first-order valence-electron chi connectivity index (χ1n) is 13.9. The van der Waals surface area contributed by atoms with E-state index in [1.165, 1.54) is 33.1 Å². The molecule has 0 amide bonds. The van der Waals surface area contributed by atoms with Crippen LogP contribution in [0.25, 0.3) is 21.9 Å². The number of ether oxygens (including phenoxy) is 3. The number of nitrogens with zero attached hydrogens (tertiary/aromatic N) is 1. The number of carbonyl (C=O) groups is 3. The molecule has 5 rings (SSSR count). The van der Waals surface area contributed by atoms with Gasteiger partial charge in [-0.2, -0.15) is 0 Å². The van der Waals surface area contributed by atoms with E-state index in [0.29, 0.717) is 40.2 Å². The minimum atomic E-state index is -0.423. The van der Waals surface area contributed by atoms with E-state index >= 15 is 0 Å². The Labute approximate surface area is 239 Å². The second-order valence-electron chi connectivity index (χ2n) is 10.2. The van der Waals surface area contributed by atoms with Crippen LogP contribution in [-0.4, -0.2) is 48.9 Å². The highest BCUT2D eigenvalue weighted by molar-refractivity contribution is 6.20. The molecule has 210 valence electrons. The molecule has 0 spiro atoms. The Morgan fingerprint density at radius 3 is 2.12 bits per heavy atom. The predicted octanol–water partition coefficient (Wildman–Crippen LogP) is 6.45. The first-order chi connectivity index (χ1) is 19.9. The highest BCUT2D eigenvalue weighted by Gasteiger charge is 2.20. The van der Waals surface area contributed by atoms with Gasteiger partial charge in [0.25, 0.3) is 0 Å². The Morgan fingerprint density at radius 2 is 1.41 bits per heavy atom. The van der Waals surface area contributed by atoms with Crippen LogP contribution < -0.4 is 14.2 Å². The van der Waals surface area contributed by atoms with E-state index in [9.17, 15) is 14.4 Å². The van der Waals surface area contributed by atoms with Crippen molar-refractivity contribution in [1.29, 1.82) is 0 Å². The molecule has 0 N–H and O–H groups in total. The molecule has 4 aromatic rings. The van der Waals surface area contributed by atoms with Crippen molar-refractivity contribution in [1.82, 2.24) is 4.90 Å². The normalized spacial score (nSPS) is 13.5. The smallest absolute Gasteiger partial charge is 0.308 e. The summed E-state index contributed by atoms with van der Waals surface area (Å²) in [5, 5.41) is 1.47. The van der Waals surface area contributed by atoms with Crippen molar-refractivity contribution in [3.63, 3.8) is 0 Å². The van der Waals surface area contributed by atoms with Gasteiger partial charge in [-0.3, -0.25) is 19.3 Å².